The molecular formula is C15H29N3O2. The number of carbonyl (C=O) groups is 1. The summed E-state index contributed by atoms with van der Waals surface area (Å²) in [6.45, 7) is 9.44. The van der Waals surface area contributed by atoms with Crippen molar-refractivity contribution < 1.29 is 9.53 Å². The van der Waals surface area contributed by atoms with Gasteiger partial charge in [-0.25, -0.2) is 0 Å². The second-order valence-electron chi connectivity index (χ2n) is 6.29. The van der Waals surface area contributed by atoms with Gasteiger partial charge in [0.05, 0.1) is 13.2 Å². The molecule has 2 unspecified atom stereocenters. The van der Waals surface area contributed by atoms with Crippen LogP contribution >= 0.6 is 0 Å². The summed E-state index contributed by atoms with van der Waals surface area (Å²) in [5.74, 6) is 0.877. The third kappa shape index (κ3) is 4.72. The first-order chi connectivity index (χ1) is 9.66. The number of morpholine rings is 1. The van der Waals surface area contributed by atoms with Gasteiger partial charge in [0, 0.05) is 12.6 Å². The van der Waals surface area contributed by atoms with Crippen molar-refractivity contribution in [1.82, 2.24) is 15.5 Å². The van der Waals surface area contributed by atoms with Gasteiger partial charge in [-0.3, -0.25) is 9.69 Å². The molecule has 20 heavy (non-hydrogen) atoms. The first-order valence-corrected chi connectivity index (χ1v) is 7.99. The van der Waals surface area contributed by atoms with Gasteiger partial charge in [-0.1, -0.05) is 0 Å². The minimum atomic E-state index is -0.109. The van der Waals surface area contributed by atoms with Gasteiger partial charge >= 0.3 is 0 Å². The molecule has 5 heteroatoms. The number of rotatable bonds is 5. The lowest BCUT2D eigenvalue weighted by Crippen LogP contribution is -2.55. The standard InChI is InChI=1S/C15H29N3O2/c1-12(2)17-15(19)14-11-20-9-8-18(14)7-5-13-4-3-6-16-10-13/h12-14,16H,3-11H2,1-2H3,(H,17,19). The normalized spacial score (nSPS) is 28.6. The fourth-order valence-corrected chi connectivity index (χ4v) is 3.05. The van der Waals surface area contributed by atoms with Crippen LogP contribution in [0.4, 0.5) is 0 Å². The quantitative estimate of drug-likeness (QED) is 0.776. The van der Waals surface area contributed by atoms with E-state index in [1.807, 2.05) is 13.8 Å². The zero-order chi connectivity index (χ0) is 14.4. The molecule has 1 amide bonds. The summed E-state index contributed by atoms with van der Waals surface area (Å²) in [4.78, 5) is 14.5. The molecule has 0 aromatic heterocycles. The molecule has 0 aromatic carbocycles. The average Bonchev–Trinajstić information content (AvgIpc) is 2.46. The number of ether oxygens (including phenoxy) is 1. The summed E-state index contributed by atoms with van der Waals surface area (Å²) < 4.78 is 5.49. The Balaban J connectivity index is 1.81. The van der Waals surface area contributed by atoms with Crippen LogP contribution in [-0.2, 0) is 9.53 Å². The van der Waals surface area contributed by atoms with E-state index in [9.17, 15) is 4.79 Å². The summed E-state index contributed by atoms with van der Waals surface area (Å²) in [6, 6.07) is 0.0801. The van der Waals surface area contributed by atoms with Crippen LogP contribution in [-0.4, -0.2) is 62.3 Å². The van der Waals surface area contributed by atoms with E-state index in [0.29, 0.717) is 6.61 Å². The zero-order valence-corrected chi connectivity index (χ0v) is 12.9. The van der Waals surface area contributed by atoms with Crippen molar-refractivity contribution >= 4 is 5.91 Å². The van der Waals surface area contributed by atoms with Gasteiger partial charge in [0.2, 0.25) is 5.91 Å². The number of nitrogens with zero attached hydrogens (tertiary/aromatic N) is 1. The van der Waals surface area contributed by atoms with Gasteiger partial charge in [-0.15, -0.1) is 0 Å². The molecule has 0 aliphatic carbocycles. The van der Waals surface area contributed by atoms with E-state index in [-0.39, 0.29) is 18.0 Å². The fraction of sp³-hybridized carbons (Fsp3) is 0.933. The lowest BCUT2D eigenvalue weighted by atomic mass is 9.95. The maximum absolute atomic E-state index is 12.2. The molecule has 0 radical (unpaired) electrons. The Hall–Kier alpha value is -0.650. The SMILES string of the molecule is CC(C)NC(=O)C1COCCN1CCC1CCCNC1. The predicted molar refractivity (Wildman–Crippen MR) is 79.7 cm³/mol. The molecule has 2 aliphatic heterocycles. The molecular weight excluding hydrogens is 254 g/mol. The number of piperidine rings is 1. The van der Waals surface area contributed by atoms with Gasteiger partial charge in [-0.2, -0.15) is 0 Å². The molecule has 0 spiro atoms. The zero-order valence-electron chi connectivity index (χ0n) is 12.9. The summed E-state index contributed by atoms with van der Waals surface area (Å²) in [7, 11) is 0. The van der Waals surface area contributed by atoms with Gasteiger partial charge in [0.15, 0.2) is 0 Å². The summed E-state index contributed by atoms with van der Waals surface area (Å²) in [6.07, 6.45) is 3.78. The molecule has 2 fully saturated rings. The molecule has 2 heterocycles. The molecule has 2 saturated heterocycles. The molecule has 116 valence electrons. The lowest BCUT2D eigenvalue weighted by molar-refractivity contribution is -0.133. The van der Waals surface area contributed by atoms with Crippen LogP contribution in [0.15, 0.2) is 0 Å². The van der Waals surface area contributed by atoms with E-state index < -0.39 is 0 Å². The largest absolute Gasteiger partial charge is 0.378 e. The van der Waals surface area contributed by atoms with Crippen molar-refractivity contribution in [3.05, 3.63) is 0 Å². The van der Waals surface area contributed by atoms with Crippen LogP contribution in [0.5, 0.6) is 0 Å². The van der Waals surface area contributed by atoms with Crippen LogP contribution in [0.2, 0.25) is 0 Å². The van der Waals surface area contributed by atoms with Crippen LogP contribution < -0.4 is 10.6 Å². The highest BCUT2D eigenvalue weighted by molar-refractivity contribution is 5.82. The molecule has 0 saturated carbocycles. The highest BCUT2D eigenvalue weighted by atomic mass is 16.5. The van der Waals surface area contributed by atoms with Crippen molar-refractivity contribution in [3.8, 4) is 0 Å². The summed E-state index contributed by atoms with van der Waals surface area (Å²) >= 11 is 0. The minimum absolute atomic E-state index is 0.109. The van der Waals surface area contributed by atoms with Crippen LogP contribution in [0.25, 0.3) is 0 Å². The Morgan fingerprint density at radius 2 is 2.35 bits per heavy atom. The molecule has 0 aromatic rings. The van der Waals surface area contributed by atoms with Crippen molar-refractivity contribution in [2.24, 2.45) is 5.92 Å². The number of amides is 1. The van der Waals surface area contributed by atoms with E-state index in [1.165, 1.54) is 19.3 Å². The van der Waals surface area contributed by atoms with Crippen LogP contribution in [0.3, 0.4) is 0 Å². The van der Waals surface area contributed by atoms with Gasteiger partial charge in [0.1, 0.15) is 6.04 Å². The summed E-state index contributed by atoms with van der Waals surface area (Å²) in [5.41, 5.74) is 0. The first kappa shape index (κ1) is 15.7. The molecule has 0 bridgehead atoms. The third-order valence-corrected chi connectivity index (χ3v) is 4.20. The molecule has 5 nitrogen and oxygen atoms in total. The number of hydrogen-bond donors (Lipinski definition) is 2. The highest BCUT2D eigenvalue weighted by Crippen LogP contribution is 2.16. The Labute approximate surface area is 122 Å². The Morgan fingerprint density at radius 3 is 3.05 bits per heavy atom. The van der Waals surface area contributed by atoms with Gasteiger partial charge in [-0.05, 0) is 58.7 Å². The smallest absolute Gasteiger partial charge is 0.239 e. The maximum Gasteiger partial charge on any atom is 0.239 e. The maximum atomic E-state index is 12.2. The number of nitrogens with one attached hydrogen (secondary N) is 2. The number of hydrogen-bond acceptors (Lipinski definition) is 4. The average molecular weight is 283 g/mol. The van der Waals surface area contributed by atoms with E-state index in [4.69, 9.17) is 4.74 Å². The van der Waals surface area contributed by atoms with Crippen molar-refractivity contribution in [1.29, 1.82) is 0 Å². The molecule has 2 aliphatic rings. The van der Waals surface area contributed by atoms with Gasteiger partial charge in [0.25, 0.3) is 0 Å². The van der Waals surface area contributed by atoms with Crippen LogP contribution in [0.1, 0.15) is 33.1 Å². The lowest BCUT2D eigenvalue weighted by Gasteiger charge is -2.36. The van der Waals surface area contributed by atoms with E-state index >= 15 is 0 Å². The van der Waals surface area contributed by atoms with E-state index in [2.05, 4.69) is 15.5 Å². The van der Waals surface area contributed by atoms with Crippen molar-refractivity contribution in [3.63, 3.8) is 0 Å². The second kappa shape index (κ2) is 7.96. The monoisotopic (exact) mass is 283 g/mol. The van der Waals surface area contributed by atoms with Gasteiger partial charge < -0.3 is 15.4 Å². The predicted octanol–water partition coefficient (Wildman–Crippen LogP) is 0.602. The van der Waals surface area contributed by atoms with Crippen LogP contribution in [0, 0.1) is 5.92 Å². The van der Waals surface area contributed by atoms with Crippen molar-refractivity contribution in [2.75, 3.05) is 39.4 Å². The molecule has 2 atom stereocenters. The Bertz CT molecular complexity index is 303. The first-order valence-electron chi connectivity index (χ1n) is 7.99. The molecule has 2 N–H and O–H groups in total. The fourth-order valence-electron chi connectivity index (χ4n) is 3.05. The third-order valence-electron chi connectivity index (χ3n) is 4.20. The Morgan fingerprint density at radius 1 is 1.50 bits per heavy atom. The second-order valence-corrected chi connectivity index (χ2v) is 6.29. The Kier molecular flexibility index (Phi) is 6.26. The summed E-state index contributed by atoms with van der Waals surface area (Å²) in [5, 5.41) is 6.47. The topological polar surface area (TPSA) is 53.6 Å². The minimum Gasteiger partial charge on any atom is -0.378 e. The van der Waals surface area contributed by atoms with Crippen molar-refractivity contribution in [2.45, 2.75) is 45.2 Å². The van der Waals surface area contributed by atoms with E-state index in [0.717, 1.165) is 38.7 Å². The number of carbonyl (C=O) groups excluding carboxylic acids is 1. The highest BCUT2D eigenvalue weighted by Gasteiger charge is 2.30. The molecule has 2 rings (SSSR count). The van der Waals surface area contributed by atoms with E-state index in [1.54, 1.807) is 0 Å².